The fourth-order valence-electron chi connectivity index (χ4n) is 2.92. The molecule has 2 rings (SSSR count). The van der Waals surface area contributed by atoms with Crippen LogP contribution in [0.4, 0.5) is 0 Å². The van der Waals surface area contributed by atoms with Gasteiger partial charge in [0, 0.05) is 18.5 Å². The summed E-state index contributed by atoms with van der Waals surface area (Å²) in [5.41, 5.74) is 1.89. The summed E-state index contributed by atoms with van der Waals surface area (Å²) in [4.78, 5) is 13.8. The lowest BCUT2D eigenvalue weighted by Crippen LogP contribution is -2.36. The zero-order valence-electron chi connectivity index (χ0n) is 14.0. The van der Waals surface area contributed by atoms with Crippen LogP contribution in [0.5, 0.6) is 0 Å². The lowest BCUT2D eigenvalue weighted by molar-refractivity contribution is -0.144. The Morgan fingerprint density at radius 2 is 2.00 bits per heavy atom. The van der Waals surface area contributed by atoms with Gasteiger partial charge in [0.05, 0.1) is 17.9 Å². The highest BCUT2D eigenvalue weighted by Gasteiger charge is 2.42. The van der Waals surface area contributed by atoms with E-state index in [1.54, 1.807) is 36.2 Å². The van der Waals surface area contributed by atoms with Gasteiger partial charge in [-0.3, -0.25) is 4.79 Å². The van der Waals surface area contributed by atoms with E-state index in [0.29, 0.717) is 6.61 Å². The fourth-order valence-corrected chi connectivity index (χ4v) is 5.06. The summed E-state index contributed by atoms with van der Waals surface area (Å²) in [6.07, 6.45) is 0.173. The van der Waals surface area contributed by atoms with Crippen molar-refractivity contribution in [1.82, 2.24) is 4.31 Å². The molecule has 0 saturated carbocycles. The minimum atomic E-state index is -3.61. The number of carbonyl (C=O) groups is 1. The first kappa shape index (κ1) is 19.1. The molecule has 1 fully saturated rings. The SMILES string of the molecule is CCOC(=O)C[C@@H]1/C(=C\Br)CN(S(=O)(=O)c2ccc(C)cc2)[C@H]1C. The van der Waals surface area contributed by atoms with Gasteiger partial charge >= 0.3 is 5.97 Å². The number of nitrogens with zero attached hydrogens (tertiary/aromatic N) is 1. The number of esters is 1. The van der Waals surface area contributed by atoms with Gasteiger partial charge in [0.2, 0.25) is 10.0 Å². The van der Waals surface area contributed by atoms with Crippen LogP contribution in [0, 0.1) is 12.8 Å². The molecule has 0 spiro atoms. The predicted octanol–water partition coefficient (Wildman–Crippen LogP) is 3.24. The van der Waals surface area contributed by atoms with Gasteiger partial charge in [-0.15, -0.1) is 0 Å². The summed E-state index contributed by atoms with van der Waals surface area (Å²) >= 11 is 3.30. The van der Waals surface area contributed by atoms with Crippen molar-refractivity contribution in [1.29, 1.82) is 0 Å². The molecule has 0 aromatic heterocycles. The van der Waals surface area contributed by atoms with Crippen LogP contribution in [-0.4, -0.2) is 37.9 Å². The molecular formula is C17H22BrNO4S. The maximum atomic E-state index is 12.9. The van der Waals surface area contributed by atoms with Crippen molar-refractivity contribution in [2.45, 2.75) is 38.1 Å². The number of hydrogen-bond acceptors (Lipinski definition) is 4. The highest BCUT2D eigenvalue weighted by atomic mass is 79.9. The normalized spacial score (nSPS) is 23.6. The van der Waals surface area contributed by atoms with Crippen LogP contribution >= 0.6 is 15.9 Å². The molecule has 0 unspecified atom stereocenters. The summed E-state index contributed by atoms with van der Waals surface area (Å²) in [5, 5.41) is 0. The van der Waals surface area contributed by atoms with Gasteiger partial charge in [0.25, 0.3) is 0 Å². The topological polar surface area (TPSA) is 63.7 Å². The number of benzene rings is 1. The third-order valence-electron chi connectivity index (χ3n) is 4.31. The summed E-state index contributed by atoms with van der Waals surface area (Å²) in [6.45, 7) is 6.09. The molecule has 0 bridgehead atoms. The van der Waals surface area contributed by atoms with Gasteiger partial charge in [0.15, 0.2) is 0 Å². The quantitative estimate of drug-likeness (QED) is 0.692. The van der Waals surface area contributed by atoms with Crippen molar-refractivity contribution in [2.75, 3.05) is 13.2 Å². The highest BCUT2D eigenvalue weighted by Crippen LogP contribution is 2.36. The number of halogens is 1. The summed E-state index contributed by atoms with van der Waals surface area (Å²) in [7, 11) is -3.61. The number of hydrogen-bond donors (Lipinski definition) is 0. The van der Waals surface area contributed by atoms with Crippen molar-refractivity contribution in [2.24, 2.45) is 5.92 Å². The monoisotopic (exact) mass is 415 g/mol. The minimum absolute atomic E-state index is 0.173. The zero-order chi connectivity index (χ0) is 17.9. The Balaban J connectivity index is 2.28. The van der Waals surface area contributed by atoms with Gasteiger partial charge < -0.3 is 4.74 Å². The molecule has 1 aliphatic heterocycles. The van der Waals surface area contributed by atoms with E-state index in [4.69, 9.17) is 4.74 Å². The first-order valence-corrected chi connectivity index (χ1v) is 10.2. The number of aryl methyl sites for hydroxylation is 1. The van der Waals surface area contributed by atoms with Crippen LogP contribution in [0.3, 0.4) is 0 Å². The molecule has 24 heavy (non-hydrogen) atoms. The van der Waals surface area contributed by atoms with E-state index in [9.17, 15) is 13.2 Å². The number of sulfonamides is 1. The molecule has 1 aromatic rings. The predicted molar refractivity (Wildman–Crippen MR) is 96.3 cm³/mol. The molecule has 1 heterocycles. The first-order valence-electron chi connectivity index (χ1n) is 7.84. The van der Waals surface area contributed by atoms with Gasteiger partial charge in [-0.25, -0.2) is 8.42 Å². The summed E-state index contributed by atoms with van der Waals surface area (Å²) < 4.78 is 32.4. The lowest BCUT2D eigenvalue weighted by atomic mass is 9.95. The second-order valence-corrected chi connectivity index (χ2v) is 8.25. The van der Waals surface area contributed by atoms with Gasteiger partial charge in [-0.2, -0.15) is 4.31 Å². The van der Waals surface area contributed by atoms with E-state index < -0.39 is 10.0 Å². The Morgan fingerprint density at radius 3 is 2.54 bits per heavy atom. The van der Waals surface area contributed by atoms with E-state index in [1.807, 2.05) is 13.8 Å². The third-order valence-corrected chi connectivity index (χ3v) is 6.85. The molecule has 132 valence electrons. The molecule has 5 nitrogen and oxygen atoms in total. The van der Waals surface area contributed by atoms with Crippen molar-refractivity contribution >= 4 is 31.9 Å². The summed E-state index contributed by atoms with van der Waals surface area (Å²) in [5.74, 6) is -0.501. The fraction of sp³-hybridized carbons (Fsp3) is 0.471. The highest BCUT2D eigenvalue weighted by molar-refractivity contribution is 9.11. The van der Waals surface area contributed by atoms with Crippen molar-refractivity contribution < 1.29 is 17.9 Å². The van der Waals surface area contributed by atoms with Crippen LogP contribution in [-0.2, 0) is 19.6 Å². The third kappa shape index (κ3) is 3.90. The first-order chi connectivity index (χ1) is 11.3. The van der Waals surface area contributed by atoms with E-state index in [0.717, 1.165) is 11.1 Å². The molecule has 0 N–H and O–H groups in total. The van der Waals surface area contributed by atoms with E-state index in [1.165, 1.54) is 4.31 Å². The van der Waals surface area contributed by atoms with Gasteiger partial charge in [-0.1, -0.05) is 33.6 Å². The van der Waals surface area contributed by atoms with Gasteiger partial charge in [0.1, 0.15) is 0 Å². The number of ether oxygens (including phenoxy) is 1. The second-order valence-electron chi connectivity index (χ2n) is 5.90. The van der Waals surface area contributed by atoms with Crippen LogP contribution in [0.25, 0.3) is 0 Å². The average molecular weight is 416 g/mol. The molecule has 0 radical (unpaired) electrons. The molecule has 1 saturated heterocycles. The maximum Gasteiger partial charge on any atom is 0.306 e. The Bertz CT molecular complexity index is 727. The van der Waals surface area contributed by atoms with Crippen LogP contribution < -0.4 is 0 Å². The number of carbonyl (C=O) groups excluding carboxylic acids is 1. The van der Waals surface area contributed by atoms with Crippen molar-refractivity contribution in [3.8, 4) is 0 Å². The lowest BCUT2D eigenvalue weighted by Gasteiger charge is -2.23. The molecule has 0 aliphatic carbocycles. The van der Waals surface area contributed by atoms with Crippen molar-refractivity contribution in [3.05, 3.63) is 40.4 Å². The second kappa shape index (κ2) is 7.80. The van der Waals surface area contributed by atoms with Crippen LogP contribution in [0.15, 0.2) is 39.7 Å². The molecule has 0 amide bonds. The Hall–Kier alpha value is -1.18. The molecule has 2 atom stereocenters. The molecule has 7 heteroatoms. The Labute approximate surface area is 151 Å². The minimum Gasteiger partial charge on any atom is -0.466 e. The largest absolute Gasteiger partial charge is 0.466 e. The van der Waals surface area contributed by atoms with E-state index >= 15 is 0 Å². The van der Waals surface area contributed by atoms with E-state index in [2.05, 4.69) is 15.9 Å². The molecular weight excluding hydrogens is 394 g/mol. The molecule has 1 aromatic carbocycles. The van der Waals surface area contributed by atoms with Gasteiger partial charge in [-0.05, 0) is 43.5 Å². The van der Waals surface area contributed by atoms with Crippen LogP contribution in [0.1, 0.15) is 25.8 Å². The summed E-state index contributed by atoms with van der Waals surface area (Å²) in [6, 6.07) is 6.49. The maximum absolute atomic E-state index is 12.9. The Kier molecular flexibility index (Phi) is 6.22. The smallest absolute Gasteiger partial charge is 0.306 e. The van der Waals surface area contributed by atoms with E-state index in [-0.39, 0.29) is 35.8 Å². The standard InChI is InChI=1S/C17H22BrNO4S/c1-4-23-17(20)9-16-13(3)19(11-14(16)10-18)24(21,22)15-7-5-12(2)6-8-15/h5-8,10,13,16H,4,9,11H2,1-3H3/b14-10-/t13-,16-/m0/s1. The van der Waals surface area contributed by atoms with Crippen LogP contribution in [0.2, 0.25) is 0 Å². The van der Waals surface area contributed by atoms with Crippen molar-refractivity contribution in [3.63, 3.8) is 0 Å². The average Bonchev–Trinajstić information content (AvgIpc) is 2.85. The molecule has 1 aliphatic rings. The Morgan fingerprint density at radius 1 is 1.38 bits per heavy atom. The zero-order valence-corrected chi connectivity index (χ0v) is 16.4. The number of rotatable bonds is 5.